The number of hydrogen-bond donors (Lipinski definition) is 1. The van der Waals surface area contributed by atoms with Crippen molar-refractivity contribution < 1.29 is 31.5 Å². The number of benzene rings is 3. The predicted octanol–water partition coefficient (Wildman–Crippen LogP) is 5.23. The molecule has 1 fully saturated rings. The van der Waals surface area contributed by atoms with Gasteiger partial charge in [0, 0.05) is 29.9 Å². The van der Waals surface area contributed by atoms with Crippen LogP contribution in [0.1, 0.15) is 12.6 Å². The van der Waals surface area contributed by atoms with E-state index in [-0.39, 0.29) is 17.6 Å². The van der Waals surface area contributed by atoms with E-state index >= 15 is 0 Å². The summed E-state index contributed by atoms with van der Waals surface area (Å²) < 4.78 is 64.5. The zero-order valence-corrected chi connectivity index (χ0v) is 22.8. The lowest BCUT2D eigenvalue weighted by Gasteiger charge is -2.34. The van der Waals surface area contributed by atoms with E-state index in [2.05, 4.69) is 15.3 Å². The van der Waals surface area contributed by atoms with E-state index in [9.17, 15) is 22.0 Å². The van der Waals surface area contributed by atoms with Crippen molar-refractivity contribution in [2.45, 2.75) is 23.6 Å². The molecule has 0 unspecified atom stereocenters. The molecular formula is C29H26F2N4O5S. The summed E-state index contributed by atoms with van der Waals surface area (Å²) in [4.78, 5) is 22.9. The maximum atomic E-state index is 13.8. The monoisotopic (exact) mass is 580 g/mol. The Bertz CT molecular complexity index is 1630. The van der Waals surface area contributed by atoms with E-state index in [4.69, 9.17) is 9.47 Å². The molecule has 0 saturated carbocycles. The highest BCUT2D eigenvalue weighted by molar-refractivity contribution is 7.90. The van der Waals surface area contributed by atoms with Crippen LogP contribution in [0.2, 0.25) is 0 Å². The van der Waals surface area contributed by atoms with Crippen LogP contribution in [-0.2, 0) is 20.3 Å². The minimum Gasteiger partial charge on any atom is -0.410 e. The SMILES string of the molecule is C[C@H]1COCCN1c1cc(CS(=O)(=O)c2cc(F)cc(F)c2)nc(-c2ccc(NC(=O)Oc3ccccc3)cc2)n1. The highest BCUT2D eigenvalue weighted by Crippen LogP contribution is 2.27. The standard InChI is InChI=1S/C29H26F2N4O5S/c1-19-17-39-12-11-35(19)27-16-24(18-41(37,38)26-14-21(30)13-22(31)15-26)32-28(34-27)20-7-9-23(10-8-20)33-29(36)40-25-5-3-2-4-6-25/h2-10,13-16,19H,11-12,17-18H2,1H3,(H,33,36)/t19-/m0/s1. The molecule has 212 valence electrons. The molecule has 1 amide bonds. The maximum Gasteiger partial charge on any atom is 0.417 e. The lowest BCUT2D eigenvalue weighted by molar-refractivity contribution is 0.0985. The first kappa shape index (κ1) is 28.1. The van der Waals surface area contributed by atoms with Crippen molar-refractivity contribution in [3.63, 3.8) is 0 Å². The number of nitrogens with zero attached hydrogens (tertiary/aromatic N) is 3. The Balaban J connectivity index is 1.43. The molecule has 4 aromatic rings. The van der Waals surface area contributed by atoms with Crippen LogP contribution in [0, 0.1) is 11.6 Å². The fourth-order valence-corrected chi connectivity index (χ4v) is 5.62. The molecule has 0 spiro atoms. The van der Waals surface area contributed by atoms with Crippen LogP contribution in [0.4, 0.5) is 25.1 Å². The molecule has 12 heteroatoms. The third-order valence-electron chi connectivity index (χ3n) is 6.30. The molecule has 1 aliphatic heterocycles. The largest absolute Gasteiger partial charge is 0.417 e. The van der Waals surface area contributed by atoms with Gasteiger partial charge in [0.1, 0.15) is 23.2 Å². The summed E-state index contributed by atoms with van der Waals surface area (Å²) in [5.74, 6) is -1.44. The van der Waals surface area contributed by atoms with Gasteiger partial charge in [-0.3, -0.25) is 5.32 Å². The Morgan fingerprint density at radius 2 is 1.73 bits per heavy atom. The van der Waals surface area contributed by atoms with Crippen molar-refractivity contribution in [2.75, 3.05) is 30.0 Å². The van der Waals surface area contributed by atoms with Gasteiger partial charge in [0.05, 0.1) is 35.6 Å². The second kappa shape index (κ2) is 12.0. The fourth-order valence-electron chi connectivity index (χ4n) is 4.33. The van der Waals surface area contributed by atoms with Crippen molar-refractivity contribution in [2.24, 2.45) is 0 Å². The lowest BCUT2D eigenvalue weighted by atomic mass is 10.2. The van der Waals surface area contributed by atoms with E-state index in [1.807, 2.05) is 17.9 Å². The Morgan fingerprint density at radius 1 is 1.02 bits per heavy atom. The number of hydrogen-bond acceptors (Lipinski definition) is 8. The quantitative estimate of drug-likeness (QED) is 0.316. The number of para-hydroxylation sites is 1. The van der Waals surface area contributed by atoms with Crippen molar-refractivity contribution in [3.05, 3.63) is 96.2 Å². The number of halogens is 2. The average Bonchev–Trinajstić information content (AvgIpc) is 2.93. The highest BCUT2D eigenvalue weighted by atomic mass is 32.2. The molecule has 0 radical (unpaired) electrons. The van der Waals surface area contributed by atoms with E-state index in [1.54, 1.807) is 54.6 Å². The highest BCUT2D eigenvalue weighted by Gasteiger charge is 2.24. The van der Waals surface area contributed by atoms with Gasteiger partial charge in [-0.25, -0.2) is 32.0 Å². The van der Waals surface area contributed by atoms with Crippen LogP contribution in [-0.4, -0.2) is 50.3 Å². The number of carbonyl (C=O) groups is 1. The first-order valence-corrected chi connectivity index (χ1v) is 14.4. The van der Waals surface area contributed by atoms with Gasteiger partial charge >= 0.3 is 6.09 Å². The molecule has 1 N–H and O–H groups in total. The number of aromatic nitrogens is 2. The van der Waals surface area contributed by atoms with Gasteiger partial charge in [0.2, 0.25) is 0 Å². The first-order valence-electron chi connectivity index (χ1n) is 12.7. The van der Waals surface area contributed by atoms with E-state index in [1.165, 1.54) is 0 Å². The summed E-state index contributed by atoms with van der Waals surface area (Å²) in [6.07, 6.45) is -0.662. The second-order valence-corrected chi connectivity index (χ2v) is 11.4. The smallest absolute Gasteiger partial charge is 0.410 e. The molecule has 1 aliphatic rings. The molecule has 0 aliphatic carbocycles. The van der Waals surface area contributed by atoms with Crippen molar-refractivity contribution >= 4 is 27.4 Å². The third kappa shape index (κ3) is 7.02. The summed E-state index contributed by atoms with van der Waals surface area (Å²) >= 11 is 0. The Kier molecular flexibility index (Phi) is 8.22. The number of carbonyl (C=O) groups excluding carboxylic acids is 1. The van der Waals surface area contributed by atoms with Gasteiger partial charge < -0.3 is 14.4 Å². The van der Waals surface area contributed by atoms with E-state index < -0.39 is 38.2 Å². The molecule has 0 bridgehead atoms. The number of morpholine rings is 1. The Morgan fingerprint density at radius 3 is 2.41 bits per heavy atom. The zero-order chi connectivity index (χ0) is 29.0. The number of ether oxygens (including phenoxy) is 2. The van der Waals surface area contributed by atoms with Gasteiger partial charge in [-0.1, -0.05) is 18.2 Å². The van der Waals surface area contributed by atoms with Crippen LogP contribution >= 0.6 is 0 Å². The number of nitrogens with one attached hydrogen (secondary N) is 1. The number of amides is 1. The van der Waals surface area contributed by atoms with Crippen LogP contribution in [0.15, 0.2) is 83.8 Å². The number of sulfone groups is 1. The van der Waals surface area contributed by atoms with E-state index in [0.717, 1.165) is 12.1 Å². The molecule has 5 rings (SSSR count). The second-order valence-electron chi connectivity index (χ2n) is 9.43. The van der Waals surface area contributed by atoms with Crippen LogP contribution < -0.4 is 15.0 Å². The summed E-state index contributed by atoms with van der Waals surface area (Å²) in [5, 5.41) is 2.64. The zero-order valence-electron chi connectivity index (χ0n) is 22.0. The van der Waals surface area contributed by atoms with Gasteiger partial charge in [-0.05, 0) is 55.5 Å². The minimum absolute atomic E-state index is 0.0320. The molecule has 2 heterocycles. The summed E-state index contributed by atoms with van der Waals surface area (Å²) in [5.41, 5.74) is 1.18. The predicted molar refractivity (Wildman–Crippen MR) is 148 cm³/mol. The minimum atomic E-state index is -4.14. The lowest BCUT2D eigenvalue weighted by Crippen LogP contribution is -2.44. The summed E-state index contributed by atoms with van der Waals surface area (Å²) in [6.45, 7) is 3.43. The summed E-state index contributed by atoms with van der Waals surface area (Å²) in [7, 11) is -4.14. The van der Waals surface area contributed by atoms with Crippen LogP contribution in [0.25, 0.3) is 11.4 Å². The van der Waals surface area contributed by atoms with Crippen molar-refractivity contribution in [3.8, 4) is 17.1 Å². The average molecular weight is 581 g/mol. The molecule has 1 atom stereocenters. The van der Waals surface area contributed by atoms with Gasteiger partial charge in [-0.15, -0.1) is 0 Å². The van der Waals surface area contributed by atoms with Crippen LogP contribution in [0.3, 0.4) is 0 Å². The number of anilines is 2. The molecule has 9 nitrogen and oxygen atoms in total. The first-order chi connectivity index (χ1) is 19.7. The Hall–Kier alpha value is -4.42. The van der Waals surface area contributed by atoms with E-state index in [0.29, 0.717) is 48.6 Å². The molecular weight excluding hydrogens is 554 g/mol. The topological polar surface area (TPSA) is 111 Å². The molecule has 41 heavy (non-hydrogen) atoms. The van der Waals surface area contributed by atoms with Crippen molar-refractivity contribution in [1.29, 1.82) is 0 Å². The number of rotatable bonds is 7. The molecule has 1 saturated heterocycles. The van der Waals surface area contributed by atoms with Crippen molar-refractivity contribution in [1.82, 2.24) is 9.97 Å². The van der Waals surface area contributed by atoms with Crippen LogP contribution in [0.5, 0.6) is 5.75 Å². The maximum absolute atomic E-state index is 13.8. The van der Waals surface area contributed by atoms with Gasteiger partial charge in [0.25, 0.3) is 0 Å². The molecule has 3 aromatic carbocycles. The molecule has 1 aromatic heterocycles. The Labute approximate surface area is 235 Å². The summed E-state index contributed by atoms with van der Waals surface area (Å²) in [6, 6.07) is 19.0. The van der Waals surface area contributed by atoms with Gasteiger partial charge in [0.15, 0.2) is 15.7 Å². The third-order valence-corrected chi connectivity index (χ3v) is 7.93. The normalized spacial score (nSPS) is 15.4. The van der Waals surface area contributed by atoms with Gasteiger partial charge in [-0.2, -0.15) is 0 Å². The fraction of sp³-hybridized carbons (Fsp3) is 0.207.